The first-order chi connectivity index (χ1) is 7.60. The number of anilines is 1. The Balaban J connectivity index is 3.14. The van der Waals surface area contributed by atoms with E-state index >= 15 is 0 Å². The number of rotatable bonds is 3. The van der Waals surface area contributed by atoms with Gasteiger partial charge in [-0.2, -0.15) is 5.26 Å². The lowest BCUT2D eigenvalue weighted by molar-refractivity contribution is -0.115. The van der Waals surface area contributed by atoms with Gasteiger partial charge in [-0.05, 0) is 0 Å². The predicted octanol–water partition coefficient (Wildman–Crippen LogP) is -0.683. The summed E-state index contributed by atoms with van der Waals surface area (Å²) in [7, 11) is 0. The van der Waals surface area contributed by atoms with Crippen molar-refractivity contribution in [3.8, 4) is 6.07 Å². The van der Waals surface area contributed by atoms with Gasteiger partial charge in [0.05, 0.1) is 12.9 Å². The molecule has 0 saturated heterocycles. The van der Waals surface area contributed by atoms with Gasteiger partial charge in [0.1, 0.15) is 17.6 Å². The average Bonchev–Trinajstić information content (AvgIpc) is 2.58. The van der Waals surface area contributed by atoms with E-state index in [0.717, 1.165) is 0 Å². The zero-order chi connectivity index (χ0) is 12.1. The number of nitrogens with two attached hydrogens (primary N) is 1. The first-order valence-electron chi connectivity index (χ1n) is 4.51. The summed E-state index contributed by atoms with van der Waals surface area (Å²) in [6.45, 7) is 1.42. The molecule has 1 rings (SSSR count). The van der Waals surface area contributed by atoms with Gasteiger partial charge >= 0.3 is 0 Å². The van der Waals surface area contributed by atoms with Crippen LogP contribution in [0.3, 0.4) is 0 Å². The number of nitriles is 1. The molecule has 7 heteroatoms. The molecule has 0 unspecified atom stereocenters. The summed E-state index contributed by atoms with van der Waals surface area (Å²) in [6.07, 6.45) is 1.38. The summed E-state index contributed by atoms with van der Waals surface area (Å²) in [5, 5.41) is 17.5. The third-order valence-electron chi connectivity index (χ3n) is 1.82. The Labute approximate surface area is 91.8 Å². The number of aromatic nitrogens is 2. The van der Waals surface area contributed by atoms with Gasteiger partial charge in [-0.25, -0.2) is 9.98 Å². The Bertz CT molecular complexity index is 469. The average molecular weight is 221 g/mol. The fraction of sp³-hybridized carbons (Fsp3) is 0.333. The molecule has 0 bridgehead atoms. The second-order valence-electron chi connectivity index (χ2n) is 2.99. The zero-order valence-electron chi connectivity index (χ0n) is 8.71. The third-order valence-corrected chi connectivity index (χ3v) is 1.82. The molecule has 0 aromatic carbocycles. The molecular weight excluding hydrogens is 210 g/mol. The Morgan fingerprint density at radius 2 is 2.50 bits per heavy atom. The Kier molecular flexibility index (Phi) is 3.74. The van der Waals surface area contributed by atoms with Crippen LogP contribution in [-0.2, 0) is 11.3 Å². The maximum Gasteiger partial charge on any atom is 0.243 e. The van der Waals surface area contributed by atoms with E-state index in [1.807, 2.05) is 0 Å². The minimum Gasteiger partial charge on any atom is -0.395 e. The molecule has 3 N–H and O–H groups in total. The van der Waals surface area contributed by atoms with Crippen molar-refractivity contribution in [3.63, 3.8) is 0 Å². The van der Waals surface area contributed by atoms with E-state index < -0.39 is 5.91 Å². The molecule has 1 aromatic rings. The lowest BCUT2D eigenvalue weighted by Gasteiger charge is -2.01. The van der Waals surface area contributed by atoms with Crippen LogP contribution in [0.1, 0.15) is 12.6 Å². The normalized spacial score (nSPS) is 11.2. The first-order valence-corrected chi connectivity index (χ1v) is 4.51. The van der Waals surface area contributed by atoms with Crippen molar-refractivity contribution in [3.05, 3.63) is 12.0 Å². The number of imidazole rings is 1. The predicted molar refractivity (Wildman–Crippen MR) is 56.6 cm³/mol. The highest BCUT2D eigenvalue weighted by Gasteiger charge is 2.13. The van der Waals surface area contributed by atoms with Crippen LogP contribution in [0.4, 0.5) is 5.82 Å². The van der Waals surface area contributed by atoms with Crippen molar-refractivity contribution in [1.29, 1.82) is 5.26 Å². The number of nitrogen functional groups attached to an aromatic ring is 1. The van der Waals surface area contributed by atoms with Crippen LogP contribution < -0.4 is 5.73 Å². The van der Waals surface area contributed by atoms with Gasteiger partial charge in [0.2, 0.25) is 5.91 Å². The van der Waals surface area contributed by atoms with E-state index in [0.29, 0.717) is 0 Å². The van der Waals surface area contributed by atoms with Crippen LogP contribution in [0.25, 0.3) is 0 Å². The molecule has 0 radical (unpaired) electrons. The van der Waals surface area contributed by atoms with Crippen LogP contribution >= 0.6 is 0 Å². The molecule has 1 aromatic heterocycles. The molecule has 0 saturated carbocycles. The SMILES string of the molecule is CC(=O)N=C(C#N)c1ncn(CCO)c1N. The summed E-state index contributed by atoms with van der Waals surface area (Å²) >= 11 is 0. The smallest absolute Gasteiger partial charge is 0.243 e. The van der Waals surface area contributed by atoms with Gasteiger partial charge in [-0.1, -0.05) is 0 Å². The Morgan fingerprint density at radius 3 is 3.00 bits per heavy atom. The number of amides is 1. The topological polar surface area (TPSA) is 117 Å². The number of carbonyl (C=O) groups is 1. The summed E-state index contributed by atoms with van der Waals surface area (Å²) in [4.78, 5) is 18.2. The van der Waals surface area contributed by atoms with E-state index in [-0.39, 0.29) is 30.4 Å². The van der Waals surface area contributed by atoms with Crippen LogP contribution in [-0.4, -0.2) is 32.9 Å². The molecule has 1 amide bonds. The van der Waals surface area contributed by atoms with Crippen LogP contribution in [0, 0.1) is 11.3 Å². The van der Waals surface area contributed by atoms with Crippen molar-refractivity contribution in [2.75, 3.05) is 12.3 Å². The molecule has 84 valence electrons. The highest BCUT2D eigenvalue weighted by atomic mass is 16.3. The fourth-order valence-electron chi connectivity index (χ4n) is 1.15. The summed E-state index contributed by atoms with van der Waals surface area (Å²) in [5.74, 6) is -0.289. The van der Waals surface area contributed by atoms with E-state index in [9.17, 15) is 4.79 Å². The second kappa shape index (κ2) is 5.04. The van der Waals surface area contributed by atoms with E-state index in [1.54, 1.807) is 6.07 Å². The third kappa shape index (κ3) is 2.43. The molecule has 0 aliphatic carbocycles. The van der Waals surface area contributed by atoms with Crippen LogP contribution in [0.5, 0.6) is 0 Å². The zero-order valence-corrected chi connectivity index (χ0v) is 8.71. The number of nitrogens with zero attached hydrogens (tertiary/aromatic N) is 4. The number of aliphatic hydroxyl groups excluding tert-OH is 1. The van der Waals surface area contributed by atoms with Gasteiger partial charge in [-0.3, -0.25) is 4.79 Å². The standard InChI is InChI=1S/C9H11N5O2/c1-6(16)13-7(4-10)8-9(11)14(2-3-15)5-12-8/h5,15H,2-3,11H2,1H3. The highest BCUT2D eigenvalue weighted by Crippen LogP contribution is 2.11. The number of aliphatic hydroxyl groups is 1. The Hall–Kier alpha value is -2.20. The highest BCUT2D eigenvalue weighted by molar-refractivity contribution is 6.16. The minimum absolute atomic E-state index is 0.0915. The molecule has 7 nitrogen and oxygen atoms in total. The second-order valence-corrected chi connectivity index (χ2v) is 2.99. The maximum atomic E-state index is 10.8. The molecule has 16 heavy (non-hydrogen) atoms. The largest absolute Gasteiger partial charge is 0.395 e. The van der Waals surface area contributed by atoms with Crippen molar-refractivity contribution in [2.24, 2.45) is 4.99 Å². The molecule has 1 heterocycles. The van der Waals surface area contributed by atoms with Gasteiger partial charge in [0.25, 0.3) is 0 Å². The van der Waals surface area contributed by atoms with Crippen LogP contribution in [0.2, 0.25) is 0 Å². The van der Waals surface area contributed by atoms with E-state index in [4.69, 9.17) is 16.1 Å². The van der Waals surface area contributed by atoms with E-state index in [1.165, 1.54) is 17.8 Å². The number of aliphatic imine (C=N–C) groups is 1. The molecular formula is C9H11N5O2. The summed E-state index contributed by atoms with van der Waals surface area (Å²) < 4.78 is 1.47. The fourth-order valence-corrected chi connectivity index (χ4v) is 1.15. The minimum atomic E-state index is -0.493. The molecule has 0 aliphatic heterocycles. The molecule has 0 atom stereocenters. The monoisotopic (exact) mass is 221 g/mol. The van der Waals surface area contributed by atoms with Gasteiger partial charge in [0.15, 0.2) is 5.71 Å². The van der Waals surface area contributed by atoms with Gasteiger partial charge in [0, 0.05) is 13.5 Å². The van der Waals surface area contributed by atoms with Crippen LogP contribution in [0.15, 0.2) is 11.3 Å². The summed E-state index contributed by atoms with van der Waals surface area (Å²) in [5.41, 5.74) is 5.72. The van der Waals surface area contributed by atoms with Crippen molar-refractivity contribution < 1.29 is 9.90 Å². The molecule has 0 spiro atoms. The van der Waals surface area contributed by atoms with Crippen molar-refractivity contribution in [2.45, 2.75) is 13.5 Å². The van der Waals surface area contributed by atoms with Gasteiger partial charge < -0.3 is 15.4 Å². The lowest BCUT2D eigenvalue weighted by Crippen LogP contribution is -2.09. The summed E-state index contributed by atoms with van der Waals surface area (Å²) in [6, 6.07) is 1.76. The van der Waals surface area contributed by atoms with E-state index in [2.05, 4.69) is 9.98 Å². The van der Waals surface area contributed by atoms with Crippen molar-refractivity contribution >= 4 is 17.4 Å². The first kappa shape index (κ1) is 11.9. The number of hydrogen-bond donors (Lipinski definition) is 2. The van der Waals surface area contributed by atoms with Gasteiger partial charge in [-0.15, -0.1) is 0 Å². The molecule has 0 aliphatic rings. The molecule has 0 fully saturated rings. The van der Waals surface area contributed by atoms with Crippen molar-refractivity contribution in [1.82, 2.24) is 9.55 Å². The maximum absolute atomic E-state index is 10.8. The Morgan fingerprint density at radius 1 is 1.81 bits per heavy atom. The number of hydrogen-bond acceptors (Lipinski definition) is 5. The lowest BCUT2D eigenvalue weighted by atomic mass is 10.3. The quantitative estimate of drug-likeness (QED) is 0.655. The number of carbonyl (C=O) groups excluding carboxylic acids is 1.